The van der Waals surface area contributed by atoms with Gasteiger partial charge in [0.1, 0.15) is 11.5 Å². The van der Waals surface area contributed by atoms with Gasteiger partial charge < -0.3 is 5.32 Å². The van der Waals surface area contributed by atoms with Gasteiger partial charge in [-0.3, -0.25) is 10.1 Å². The molecule has 0 spiro atoms. The summed E-state index contributed by atoms with van der Waals surface area (Å²) in [6.07, 6.45) is 1.93. The molecule has 0 heterocycles. The highest BCUT2D eigenvalue weighted by Gasteiger charge is 2.13. The molecule has 0 saturated heterocycles. The number of halogens is 1. The van der Waals surface area contributed by atoms with Crippen molar-refractivity contribution >= 4 is 23.1 Å². The average molecular weight is 230 g/mol. The molecule has 1 N–H and O–H groups in total. The van der Waals surface area contributed by atoms with Crippen LogP contribution in [-0.2, 0) is 0 Å². The molecule has 1 aromatic rings. The van der Waals surface area contributed by atoms with Crippen molar-refractivity contribution in [1.82, 2.24) is 0 Å². The van der Waals surface area contributed by atoms with Crippen molar-refractivity contribution in [1.29, 1.82) is 0 Å². The highest BCUT2D eigenvalue weighted by Crippen LogP contribution is 2.24. The molecule has 0 aliphatic carbocycles. The number of nitrogens with zero attached hydrogens (tertiary/aromatic N) is 1. The van der Waals surface area contributed by atoms with E-state index in [0.717, 1.165) is 24.0 Å². The van der Waals surface area contributed by atoms with Crippen LogP contribution >= 0.6 is 11.8 Å². The maximum atomic E-state index is 12.9. The van der Waals surface area contributed by atoms with Gasteiger partial charge in [0.25, 0.3) is 5.69 Å². The van der Waals surface area contributed by atoms with E-state index in [9.17, 15) is 14.5 Å². The second-order valence-electron chi connectivity index (χ2n) is 2.84. The summed E-state index contributed by atoms with van der Waals surface area (Å²) in [6.45, 7) is 0.575. The van der Waals surface area contributed by atoms with Crippen LogP contribution in [0.2, 0.25) is 0 Å². The van der Waals surface area contributed by atoms with Crippen LogP contribution in [0, 0.1) is 15.9 Å². The normalized spacial score (nSPS) is 10.0. The fraction of sp³-hybridized carbons (Fsp3) is 0.333. The van der Waals surface area contributed by atoms with Crippen molar-refractivity contribution in [2.45, 2.75) is 0 Å². The molecular weight excluding hydrogens is 219 g/mol. The van der Waals surface area contributed by atoms with E-state index >= 15 is 0 Å². The minimum absolute atomic E-state index is 0.0995. The van der Waals surface area contributed by atoms with E-state index < -0.39 is 10.7 Å². The van der Waals surface area contributed by atoms with E-state index in [1.165, 1.54) is 0 Å². The Morgan fingerprint density at radius 1 is 1.60 bits per heavy atom. The Morgan fingerprint density at radius 3 is 2.93 bits per heavy atom. The summed E-state index contributed by atoms with van der Waals surface area (Å²) >= 11 is 1.61. The Hall–Kier alpha value is -1.30. The zero-order valence-electron chi connectivity index (χ0n) is 8.20. The lowest BCUT2D eigenvalue weighted by molar-refractivity contribution is -0.384. The quantitative estimate of drug-likeness (QED) is 0.479. The Kier molecular flexibility index (Phi) is 4.36. The number of hydrogen-bond donors (Lipinski definition) is 1. The predicted molar refractivity (Wildman–Crippen MR) is 59.9 cm³/mol. The third kappa shape index (κ3) is 3.39. The zero-order valence-corrected chi connectivity index (χ0v) is 9.01. The van der Waals surface area contributed by atoms with Gasteiger partial charge in [0, 0.05) is 24.4 Å². The Balaban J connectivity index is 2.82. The number of hydrogen-bond acceptors (Lipinski definition) is 4. The smallest absolute Gasteiger partial charge is 0.292 e. The van der Waals surface area contributed by atoms with Crippen LogP contribution in [0.1, 0.15) is 0 Å². The predicted octanol–water partition coefficient (Wildman–Crippen LogP) is 2.51. The first-order valence-electron chi connectivity index (χ1n) is 4.32. The number of nitro groups is 1. The summed E-state index contributed by atoms with van der Waals surface area (Å²) in [6, 6.07) is 3.38. The van der Waals surface area contributed by atoms with Crippen LogP contribution in [0.5, 0.6) is 0 Å². The Morgan fingerprint density at radius 2 is 2.33 bits per heavy atom. The average Bonchev–Trinajstić information content (AvgIpc) is 2.18. The minimum Gasteiger partial charge on any atom is -0.379 e. The van der Waals surface area contributed by atoms with Gasteiger partial charge in [0.15, 0.2) is 0 Å². The maximum absolute atomic E-state index is 12.9. The molecule has 0 aliphatic rings. The van der Waals surface area contributed by atoms with Gasteiger partial charge in [-0.05, 0) is 12.3 Å². The first kappa shape index (κ1) is 11.8. The van der Waals surface area contributed by atoms with Gasteiger partial charge in [-0.25, -0.2) is 4.39 Å². The number of anilines is 1. The lowest BCUT2D eigenvalue weighted by atomic mass is 10.2. The van der Waals surface area contributed by atoms with Crippen molar-refractivity contribution in [3.63, 3.8) is 0 Å². The zero-order chi connectivity index (χ0) is 11.3. The number of thioether (sulfide) groups is 1. The fourth-order valence-electron chi connectivity index (χ4n) is 1.10. The number of nitrogens with one attached hydrogen (secondary N) is 1. The standard InChI is InChI=1S/C9H11FN2O2S/c1-15-5-4-11-8-6-7(10)2-3-9(8)12(13)14/h2-3,6,11H,4-5H2,1H3. The highest BCUT2D eigenvalue weighted by molar-refractivity contribution is 7.98. The maximum Gasteiger partial charge on any atom is 0.292 e. The van der Waals surface area contributed by atoms with Gasteiger partial charge in [0.2, 0.25) is 0 Å². The summed E-state index contributed by atoms with van der Waals surface area (Å²) < 4.78 is 12.9. The Labute approximate surface area is 91.0 Å². The van der Waals surface area contributed by atoms with Crippen LogP contribution in [0.4, 0.5) is 15.8 Å². The lowest BCUT2D eigenvalue weighted by Crippen LogP contribution is -2.06. The van der Waals surface area contributed by atoms with Gasteiger partial charge in [-0.15, -0.1) is 0 Å². The van der Waals surface area contributed by atoms with E-state index in [1.807, 2.05) is 6.26 Å². The summed E-state index contributed by atoms with van der Waals surface area (Å²) in [5.41, 5.74) is 0.131. The van der Waals surface area contributed by atoms with Crippen LogP contribution in [-0.4, -0.2) is 23.5 Å². The van der Waals surface area contributed by atoms with Crippen LogP contribution < -0.4 is 5.32 Å². The van der Waals surface area contributed by atoms with E-state index in [1.54, 1.807) is 11.8 Å². The molecule has 1 aromatic carbocycles. The summed E-state index contributed by atoms with van der Waals surface area (Å²) in [7, 11) is 0. The van der Waals surface area contributed by atoms with E-state index in [-0.39, 0.29) is 11.4 Å². The molecule has 0 atom stereocenters. The largest absolute Gasteiger partial charge is 0.379 e. The van der Waals surface area contributed by atoms with Gasteiger partial charge in [-0.2, -0.15) is 11.8 Å². The van der Waals surface area contributed by atoms with Crippen molar-refractivity contribution in [2.24, 2.45) is 0 Å². The van der Waals surface area contributed by atoms with Gasteiger partial charge in [-0.1, -0.05) is 0 Å². The molecule has 0 fully saturated rings. The lowest BCUT2D eigenvalue weighted by Gasteiger charge is -2.05. The first-order valence-corrected chi connectivity index (χ1v) is 5.71. The van der Waals surface area contributed by atoms with Crippen molar-refractivity contribution in [2.75, 3.05) is 23.9 Å². The molecule has 0 unspecified atom stereocenters. The third-order valence-corrected chi connectivity index (χ3v) is 2.39. The second-order valence-corrected chi connectivity index (χ2v) is 3.82. The molecule has 0 aliphatic heterocycles. The molecule has 0 saturated carbocycles. The first-order chi connectivity index (χ1) is 7.15. The second kappa shape index (κ2) is 5.55. The summed E-state index contributed by atoms with van der Waals surface area (Å²) in [4.78, 5) is 10.1. The highest BCUT2D eigenvalue weighted by atomic mass is 32.2. The van der Waals surface area contributed by atoms with E-state index in [4.69, 9.17) is 0 Å². The van der Waals surface area contributed by atoms with E-state index in [2.05, 4.69) is 5.32 Å². The monoisotopic (exact) mass is 230 g/mol. The molecule has 15 heavy (non-hydrogen) atoms. The molecular formula is C9H11FN2O2S. The summed E-state index contributed by atoms with van der Waals surface area (Å²) in [5, 5.41) is 13.4. The van der Waals surface area contributed by atoms with Gasteiger partial charge in [0.05, 0.1) is 4.92 Å². The number of benzene rings is 1. The van der Waals surface area contributed by atoms with Crippen molar-refractivity contribution in [3.05, 3.63) is 34.1 Å². The van der Waals surface area contributed by atoms with Crippen molar-refractivity contribution in [3.8, 4) is 0 Å². The van der Waals surface area contributed by atoms with Crippen LogP contribution in [0.15, 0.2) is 18.2 Å². The minimum atomic E-state index is -0.527. The molecule has 82 valence electrons. The molecule has 0 amide bonds. The molecule has 4 nitrogen and oxygen atoms in total. The molecule has 0 radical (unpaired) electrons. The van der Waals surface area contributed by atoms with Gasteiger partial charge >= 0.3 is 0 Å². The van der Waals surface area contributed by atoms with Crippen molar-refractivity contribution < 1.29 is 9.31 Å². The SMILES string of the molecule is CSCCNc1cc(F)ccc1[N+](=O)[O-]. The fourth-order valence-corrected chi connectivity index (χ4v) is 1.40. The molecule has 1 rings (SSSR count). The topological polar surface area (TPSA) is 55.2 Å². The number of nitro benzene ring substituents is 1. The van der Waals surface area contributed by atoms with Crippen LogP contribution in [0.25, 0.3) is 0 Å². The number of rotatable bonds is 5. The molecule has 0 aromatic heterocycles. The Bertz CT molecular complexity index is 360. The third-order valence-electron chi connectivity index (χ3n) is 1.78. The summed E-state index contributed by atoms with van der Waals surface area (Å²) in [5.74, 6) is 0.334. The molecule has 6 heteroatoms. The molecule has 0 bridgehead atoms. The van der Waals surface area contributed by atoms with Crippen LogP contribution in [0.3, 0.4) is 0 Å². The van der Waals surface area contributed by atoms with E-state index in [0.29, 0.717) is 6.54 Å².